The van der Waals surface area contributed by atoms with Crippen molar-refractivity contribution < 1.29 is 32.7 Å². The van der Waals surface area contributed by atoms with E-state index in [9.17, 15) is 22.8 Å². The number of carbonyl (C=O) groups excluding carboxylic acids is 2. The standard InChI is InChI=1S/C29H28N4O2.C2HF3O2/c1-32-16-20(18-7-2-4-9-21(18)32)25-26(28(35)31-27(25)34)24-19-8-3-5-10-22(19)33-14-12-29(15-23(24)33)11-6-13-30-17-29;3-2(4,5)1(6)7/h2-5,7-10,16,30H,6,11-15,17H2,1H3,(H,31,34,35);(H,6,7). The summed E-state index contributed by atoms with van der Waals surface area (Å²) in [5.41, 5.74) is 6.36. The van der Waals surface area contributed by atoms with E-state index in [1.54, 1.807) is 0 Å². The monoisotopic (exact) mass is 578 g/mol. The van der Waals surface area contributed by atoms with Gasteiger partial charge in [-0.25, -0.2) is 4.79 Å². The fourth-order valence-corrected chi connectivity index (χ4v) is 6.75. The summed E-state index contributed by atoms with van der Waals surface area (Å²) in [6, 6.07) is 16.4. The summed E-state index contributed by atoms with van der Waals surface area (Å²) in [6.07, 6.45) is 1.32. The summed E-state index contributed by atoms with van der Waals surface area (Å²) in [4.78, 5) is 35.7. The molecule has 3 aliphatic heterocycles. The van der Waals surface area contributed by atoms with Crippen molar-refractivity contribution in [1.82, 2.24) is 19.8 Å². The Kier molecular flexibility index (Phi) is 6.72. The number of fused-ring (bicyclic) bond motifs is 4. The maximum Gasteiger partial charge on any atom is 0.490 e. The van der Waals surface area contributed by atoms with Gasteiger partial charge in [-0.05, 0) is 49.8 Å². The molecular weight excluding hydrogens is 549 g/mol. The predicted molar refractivity (Wildman–Crippen MR) is 151 cm³/mol. The Balaban J connectivity index is 0.000000405. The van der Waals surface area contributed by atoms with E-state index in [4.69, 9.17) is 9.90 Å². The molecule has 1 atom stereocenters. The molecule has 0 bridgehead atoms. The first-order valence-corrected chi connectivity index (χ1v) is 13.8. The number of rotatable bonds is 2. The van der Waals surface area contributed by atoms with Gasteiger partial charge in [-0.1, -0.05) is 36.4 Å². The molecule has 4 aromatic rings. The second-order valence-corrected chi connectivity index (χ2v) is 11.2. The van der Waals surface area contributed by atoms with E-state index in [-0.39, 0.29) is 17.2 Å². The summed E-state index contributed by atoms with van der Waals surface area (Å²) >= 11 is 0. The van der Waals surface area contributed by atoms with Crippen LogP contribution in [0.4, 0.5) is 13.2 Å². The van der Waals surface area contributed by atoms with Crippen LogP contribution >= 0.6 is 0 Å². The van der Waals surface area contributed by atoms with E-state index in [1.807, 2.05) is 48.1 Å². The SMILES string of the molecule is Cn1cc(C2=C(c3c4n(c5ccccc35)CCC3(CCCNC3)C4)C(=O)NC2=O)c2ccccc21.O=C(O)C(F)(F)F. The number of hydrogen-bond donors (Lipinski definition) is 3. The number of aromatic nitrogens is 2. The van der Waals surface area contributed by atoms with Crippen LogP contribution in [-0.4, -0.2) is 51.3 Å². The Morgan fingerprint density at radius 1 is 0.952 bits per heavy atom. The Bertz CT molecular complexity index is 1790. The highest BCUT2D eigenvalue weighted by molar-refractivity contribution is 6.51. The molecule has 42 heavy (non-hydrogen) atoms. The molecule has 0 aliphatic carbocycles. The van der Waals surface area contributed by atoms with Crippen LogP contribution in [0.1, 0.15) is 36.1 Å². The molecule has 11 heteroatoms. The average Bonchev–Trinajstić information content (AvgIpc) is 3.56. The molecule has 1 unspecified atom stereocenters. The number of carboxylic acid groups (broad SMARTS) is 1. The van der Waals surface area contributed by atoms with Crippen molar-refractivity contribution in [2.45, 2.75) is 38.4 Å². The van der Waals surface area contributed by atoms with Crippen molar-refractivity contribution >= 4 is 50.7 Å². The molecule has 3 N–H and O–H groups in total. The molecule has 2 amide bonds. The van der Waals surface area contributed by atoms with Crippen LogP contribution in [0.5, 0.6) is 0 Å². The predicted octanol–water partition coefficient (Wildman–Crippen LogP) is 4.65. The van der Waals surface area contributed by atoms with Gasteiger partial charge in [-0.2, -0.15) is 13.2 Å². The van der Waals surface area contributed by atoms with Crippen molar-refractivity contribution in [3.8, 4) is 0 Å². The number of nitrogens with zero attached hydrogens (tertiary/aromatic N) is 2. The summed E-state index contributed by atoms with van der Waals surface area (Å²) in [7, 11) is 1.98. The van der Waals surface area contributed by atoms with Gasteiger partial charge in [0.05, 0.1) is 11.1 Å². The normalized spacial score (nSPS) is 20.6. The van der Waals surface area contributed by atoms with Gasteiger partial charge in [-0.15, -0.1) is 0 Å². The van der Waals surface area contributed by atoms with Gasteiger partial charge in [0.2, 0.25) is 0 Å². The van der Waals surface area contributed by atoms with Crippen LogP contribution in [0.25, 0.3) is 33.0 Å². The van der Waals surface area contributed by atoms with Crippen LogP contribution in [0.2, 0.25) is 0 Å². The third kappa shape index (κ3) is 4.57. The maximum atomic E-state index is 13.5. The fraction of sp³-hybridized carbons (Fsp3) is 0.323. The van der Waals surface area contributed by atoms with Crippen molar-refractivity contribution in [1.29, 1.82) is 0 Å². The van der Waals surface area contributed by atoms with Crippen LogP contribution < -0.4 is 10.6 Å². The van der Waals surface area contributed by atoms with Crippen molar-refractivity contribution in [2.24, 2.45) is 12.5 Å². The number of piperidine rings is 1. The van der Waals surface area contributed by atoms with Gasteiger partial charge in [0.25, 0.3) is 11.8 Å². The van der Waals surface area contributed by atoms with E-state index in [0.29, 0.717) is 11.1 Å². The minimum atomic E-state index is -5.08. The molecule has 0 saturated carbocycles. The molecule has 5 heterocycles. The molecule has 8 nitrogen and oxygen atoms in total. The Labute approximate surface area is 238 Å². The molecule has 0 radical (unpaired) electrons. The smallest absolute Gasteiger partial charge is 0.475 e. The summed E-state index contributed by atoms with van der Waals surface area (Å²) in [5, 5.41) is 15.4. The van der Waals surface area contributed by atoms with Gasteiger partial charge in [0, 0.05) is 65.0 Å². The van der Waals surface area contributed by atoms with Crippen molar-refractivity contribution in [2.75, 3.05) is 13.1 Å². The molecule has 1 spiro atoms. The number of para-hydroxylation sites is 2. The van der Waals surface area contributed by atoms with Crippen molar-refractivity contribution in [3.63, 3.8) is 0 Å². The number of alkyl halides is 3. The zero-order valence-electron chi connectivity index (χ0n) is 22.8. The van der Waals surface area contributed by atoms with E-state index in [1.165, 1.54) is 18.5 Å². The molecule has 2 aromatic carbocycles. The van der Waals surface area contributed by atoms with E-state index in [2.05, 4.69) is 33.4 Å². The number of carbonyl (C=O) groups is 3. The number of imide groups is 1. The second kappa shape index (κ2) is 10.2. The van der Waals surface area contributed by atoms with Crippen LogP contribution in [-0.2, 0) is 34.4 Å². The summed E-state index contributed by atoms with van der Waals surface area (Å²) in [5.74, 6) is -3.36. The van der Waals surface area contributed by atoms with Gasteiger partial charge >= 0.3 is 12.1 Å². The number of carboxylic acids is 1. The quantitative estimate of drug-likeness (QED) is 0.301. The lowest BCUT2D eigenvalue weighted by Crippen LogP contribution is -2.44. The van der Waals surface area contributed by atoms with Gasteiger partial charge in [0.1, 0.15) is 0 Å². The zero-order chi connectivity index (χ0) is 29.8. The van der Waals surface area contributed by atoms with E-state index >= 15 is 0 Å². The minimum Gasteiger partial charge on any atom is -0.475 e. The Morgan fingerprint density at radius 3 is 2.26 bits per heavy atom. The Hall–Kier alpha value is -4.38. The molecule has 1 fully saturated rings. The number of nitrogens with one attached hydrogen (secondary N) is 2. The molecule has 218 valence electrons. The van der Waals surface area contributed by atoms with Crippen LogP contribution in [0.15, 0.2) is 54.7 Å². The molecule has 1 saturated heterocycles. The average molecular weight is 579 g/mol. The number of aryl methyl sites for hydroxylation is 2. The Morgan fingerprint density at radius 2 is 1.60 bits per heavy atom. The van der Waals surface area contributed by atoms with Gasteiger partial charge in [0.15, 0.2) is 0 Å². The van der Waals surface area contributed by atoms with E-state index < -0.39 is 12.1 Å². The first kappa shape index (κ1) is 27.8. The molecule has 2 aromatic heterocycles. The van der Waals surface area contributed by atoms with Crippen LogP contribution in [0, 0.1) is 5.41 Å². The first-order valence-electron chi connectivity index (χ1n) is 13.8. The van der Waals surface area contributed by atoms with Crippen molar-refractivity contribution in [3.05, 3.63) is 71.5 Å². The molecule has 7 rings (SSSR count). The number of benzene rings is 2. The van der Waals surface area contributed by atoms with Gasteiger partial charge in [-0.3, -0.25) is 14.9 Å². The highest BCUT2D eigenvalue weighted by atomic mass is 19.4. The third-order valence-electron chi connectivity index (χ3n) is 8.64. The van der Waals surface area contributed by atoms with Crippen LogP contribution in [0.3, 0.4) is 0 Å². The largest absolute Gasteiger partial charge is 0.490 e. The fourth-order valence-electron chi connectivity index (χ4n) is 6.75. The first-order chi connectivity index (χ1) is 20.0. The lowest BCUT2D eigenvalue weighted by molar-refractivity contribution is -0.192. The number of hydrogen-bond acceptors (Lipinski definition) is 4. The summed E-state index contributed by atoms with van der Waals surface area (Å²) < 4.78 is 36.2. The minimum absolute atomic E-state index is 0.205. The van der Waals surface area contributed by atoms with E-state index in [0.717, 1.165) is 65.4 Å². The highest BCUT2D eigenvalue weighted by Gasteiger charge is 2.42. The molecular formula is C31H29F3N4O4. The maximum absolute atomic E-state index is 13.5. The van der Waals surface area contributed by atoms with Gasteiger partial charge < -0.3 is 19.6 Å². The number of halogens is 3. The molecule has 3 aliphatic rings. The summed E-state index contributed by atoms with van der Waals surface area (Å²) in [6.45, 7) is 3.02. The highest BCUT2D eigenvalue weighted by Crippen LogP contribution is 2.46. The zero-order valence-corrected chi connectivity index (χ0v) is 22.8. The lowest BCUT2D eigenvalue weighted by Gasteiger charge is -2.42. The second-order valence-electron chi connectivity index (χ2n) is 11.2. The topological polar surface area (TPSA) is 105 Å². The lowest BCUT2D eigenvalue weighted by atomic mass is 9.72. The number of aliphatic carboxylic acids is 1. The third-order valence-corrected chi connectivity index (χ3v) is 8.64. The number of amides is 2.